The molecule has 186 valence electrons. The Morgan fingerprint density at radius 1 is 0.308 bits per heavy atom. The molecular formula is C33H21N3O3. The average Bonchev–Trinajstić information content (AvgIpc) is 3.80. The van der Waals surface area contributed by atoms with E-state index in [0.29, 0.717) is 17.3 Å². The average molecular weight is 508 g/mol. The van der Waals surface area contributed by atoms with Gasteiger partial charge in [0.25, 0.3) is 0 Å². The molecule has 0 aliphatic heterocycles. The zero-order chi connectivity index (χ0) is 26.0. The second-order valence-corrected chi connectivity index (χ2v) is 9.13. The molecular weight excluding hydrogens is 486 g/mol. The van der Waals surface area contributed by atoms with Crippen molar-refractivity contribution in [2.45, 2.75) is 0 Å². The van der Waals surface area contributed by atoms with Crippen LogP contribution >= 0.6 is 0 Å². The Labute approximate surface area is 224 Å². The molecule has 0 saturated heterocycles. The van der Waals surface area contributed by atoms with Crippen molar-refractivity contribution >= 4 is 0 Å². The minimum Gasteiger partial charge on any atom is -0.356 e. The van der Waals surface area contributed by atoms with Crippen LogP contribution in [0.25, 0.3) is 67.7 Å². The molecule has 0 saturated carbocycles. The third-order valence-corrected chi connectivity index (χ3v) is 6.53. The summed E-state index contributed by atoms with van der Waals surface area (Å²) in [7, 11) is 0. The van der Waals surface area contributed by atoms with Crippen molar-refractivity contribution in [1.82, 2.24) is 15.5 Å². The Hall–Kier alpha value is -5.49. The lowest BCUT2D eigenvalue weighted by Gasteiger charge is -2.04. The Balaban J connectivity index is 1.33. The molecule has 0 spiro atoms. The van der Waals surface area contributed by atoms with E-state index < -0.39 is 0 Å². The van der Waals surface area contributed by atoms with Crippen LogP contribution in [-0.2, 0) is 0 Å². The van der Waals surface area contributed by atoms with Gasteiger partial charge in [0.05, 0.1) is 0 Å². The van der Waals surface area contributed by atoms with Crippen molar-refractivity contribution in [2.75, 3.05) is 0 Å². The van der Waals surface area contributed by atoms with Gasteiger partial charge in [0.15, 0.2) is 17.3 Å². The number of hydrogen-bond donors (Lipinski definition) is 0. The molecule has 4 aromatic carbocycles. The molecule has 0 N–H and O–H groups in total. The highest BCUT2D eigenvalue weighted by Crippen LogP contribution is 2.36. The molecule has 3 heterocycles. The first-order valence-corrected chi connectivity index (χ1v) is 12.5. The number of aromatic nitrogens is 3. The smallest absolute Gasteiger partial charge is 0.167 e. The molecule has 0 aliphatic rings. The van der Waals surface area contributed by atoms with Crippen LogP contribution in [0.15, 0.2) is 141 Å². The predicted molar refractivity (Wildman–Crippen MR) is 149 cm³/mol. The van der Waals surface area contributed by atoms with Crippen LogP contribution in [0.1, 0.15) is 0 Å². The molecule has 6 heteroatoms. The molecule has 39 heavy (non-hydrogen) atoms. The summed E-state index contributed by atoms with van der Waals surface area (Å²) in [4.78, 5) is 0. The maximum absolute atomic E-state index is 5.79. The first-order chi connectivity index (χ1) is 19.3. The molecule has 7 rings (SSSR count). The second-order valence-electron chi connectivity index (χ2n) is 9.13. The summed E-state index contributed by atoms with van der Waals surface area (Å²) in [5.41, 5.74) is 7.70. The van der Waals surface area contributed by atoms with E-state index in [1.54, 1.807) is 0 Å². The summed E-state index contributed by atoms with van der Waals surface area (Å²) in [6.45, 7) is 0. The number of benzene rings is 4. The zero-order valence-corrected chi connectivity index (χ0v) is 20.7. The summed E-state index contributed by atoms with van der Waals surface area (Å²) in [5.74, 6) is 1.88. The van der Waals surface area contributed by atoms with Crippen molar-refractivity contribution in [3.63, 3.8) is 0 Å². The summed E-state index contributed by atoms with van der Waals surface area (Å²) in [5, 5.41) is 12.9. The number of rotatable bonds is 6. The van der Waals surface area contributed by atoms with Gasteiger partial charge in [0, 0.05) is 51.6 Å². The standard InChI is InChI=1S/C33H21N3O3/c1-4-10-22(11-5-1)28-19-31(37-34-28)25-16-26(32-20-29(35-38-32)23-12-6-2-7-13-23)18-27(17-25)33-21-30(36-39-33)24-14-8-3-9-15-24/h1-21H. The fourth-order valence-electron chi connectivity index (χ4n) is 4.52. The van der Waals surface area contributed by atoms with Crippen LogP contribution in [0, 0.1) is 0 Å². The van der Waals surface area contributed by atoms with Crippen LogP contribution in [0.3, 0.4) is 0 Å². The van der Waals surface area contributed by atoms with Gasteiger partial charge < -0.3 is 13.6 Å². The topological polar surface area (TPSA) is 78.1 Å². The second kappa shape index (κ2) is 9.76. The SMILES string of the molecule is c1ccc(-c2cc(-c3cc(-c4cc(-c5ccccc5)no4)cc(-c4cc(-c5ccccc5)no4)c3)on2)cc1. The summed E-state index contributed by atoms with van der Waals surface area (Å²) in [6.07, 6.45) is 0. The van der Waals surface area contributed by atoms with E-state index in [0.717, 1.165) is 50.5 Å². The Bertz CT molecular complexity index is 1620. The van der Waals surface area contributed by atoms with Gasteiger partial charge in [-0.1, -0.05) is 106 Å². The van der Waals surface area contributed by atoms with Crippen LogP contribution in [-0.4, -0.2) is 15.5 Å². The molecule has 0 fully saturated rings. The largest absolute Gasteiger partial charge is 0.356 e. The Kier molecular flexibility index (Phi) is 5.68. The van der Waals surface area contributed by atoms with E-state index in [1.165, 1.54) is 0 Å². The van der Waals surface area contributed by atoms with E-state index in [1.807, 2.05) is 127 Å². The van der Waals surface area contributed by atoms with Crippen molar-refractivity contribution in [2.24, 2.45) is 0 Å². The summed E-state index contributed by atoms with van der Waals surface area (Å²) >= 11 is 0. The Morgan fingerprint density at radius 3 is 0.872 bits per heavy atom. The van der Waals surface area contributed by atoms with Gasteiger partial charge in [-0.2, -0.15) is 0 Å². The minimum absolute atomic E-state index is 0.627. The molecule has 3 aromatic heterocycles. The first-order valence-electron chi connectivity index (χ1n) is 12.5. The lowest BCUT2D eigenvalue weighted by Crippen LogP contribution is -1.83. The van der Waals surface area contributed by atoms with E-state index >= 15 is 0 Å². The van der Waals surface area contributed by atoms with Crippen LogP contribution in [0.2, 0.25) is 0 Å². The van der Waals surface area contributed by atoms with Crippen molar-refractivity contribution in [1.29, 1.82) is 0 Å². The van der Waals surface area contributed by atoms with E-state index in [-0.39, 0.29) is 0 Å². The fraction of sp³-hybridized carbons (Fsp3) is 0. The lowest BCUT2D eigenvalue weighted by atomic mass is 9.99. The maximum Gasteiger partial charge on any atom is 0.167 e. The predicted octanol–water partition coefficient (Wildman–Crippen LogP) is 8.65. The quantitative estimate of drug-likeness (QED) is 0.224. The van der Waals surface area contributed by atoms with Crippen LogP contribution in [0.5, 0.6) is 0 Å². The first kappa shape index (κ1) is 22.7. The molecule has 0 unspecified atom stereocenters. The van der Waals surface area contributed by atoms with Crippen molar-refractivity contribution in [3.8, 4) is 67.7 Å². The summed E-state index contributed by atoms with van der Waals surface area (Å²) in [6, 6.07) is 41.6. The number of hydrogen-bond acceptors (Lipinski definition) is 6. The third-order valence-electron chi connectivity index (χ3n) is 6.53. The van der Waals surface area contributed by atoms with Gasteiger partial charge >= 0.3 is 0 Å². The molecule has 0 amide bonds. The van der Waals surface area contributed by atoms with Gasteiger partial charge in [0.2, 0.25) is 0 Å². The molecule has 0 radical (unpaired) electrons. The highest BCUT2D eigenvalue weighted by molar-refractivity contribution is 5.80. The van der Waals surface area contributed by atoms with E-state index in [9.17, 15) is 0 Å². The number of nitrogens with zero attached hydrogens (tertiary/aromatic N) is 3. The van der Waals surface area contributed by atoms with Gasteiger partial charge in [-0.15, -0.1) is 0 Å². The van der Waals surface area contributed by atoms with Gasteiger partial charge in [-0.25, -0.2) is 0 Å². The summed E-state index contributed by atoms with van der Waals surface area (Å²) < 4.78 is 17.4. The van der Waals surface area contributed by atoms with Crippen LogP contribution in [0.4, 0.5) is 0 Å². The highest BCUT2D eigenvalue weighted by atomic mass is 16.5. The monoisotopic (exact) mass is 507 g/mol. The maximum atomic E-state index is 5.79. The minimum atomic E-state index is 0.627. The van der Waals surface area contributed by atoms with Gasteiger partial charge in [0.1, 0.15) is 17.1 Å². The van der Waals surface area contributed by atoms with Crippen molar-refractivity contribution in [3.05, 3.63) is 127 Å². The lowest BCUT2D eigenvalue weighted by molar-refractivity contribution is 0.432. The molecule has 0 aliphatic carbocycles. The Morgan fingerprint density at radius 2 is 0.590 bits per heavy atom. The molecule has 7 aromatic rings. The normalized spacial score (nSPS) is 11.1. The van der Waals surface area contributed by atoms with Gasteiger partial charge in [-0.05, 0) is 18.2 Å². The van der Waals surface area contributed by atoms with E-state index in [2.05, 4.69) is 15.5 Å². The zero-order valence-electron chi connectivity index (χ0n) is 20.7. The molecule has 0 bridgehead atoms. The molecule has 0 atom stereocenters. The third kappa shape index (κ3) is 4.55. The van der Waals surface area contributed by atoms with Crippen LogP contribution < -0.4 is 0 Å². The molecule has 6 nitrogen and oxygen atoms in total. The van der Waals surface area contributed by atoms with Gasteiger partial charge in [-0.3, -0.25) is 0 Å². The fourth-order valence-corrected chi connectivity index (χ4v) is 4.52. The highest BCUT2D eigenvalue weighted by Gasteiger charge is 2.17. The van der Waals surface area contributed by atoms with Crippen molar-refractivity contribution < 1.29 is 13.6 Å². The van der Waals surface area contributed by atoms with E-state index in [4.69, 9.17) is 13.6 Å².